The molecule has 1 rings (SSSR count). The van der Waals surface area contributed by atoms with Crippen molar-refractivity contribution in [3.63, 3.8) is 0 Å². The topological polar surface area (TPSA) is 26.3 Å². The first kappa shape index (κ1) is 27.5. The number of hydrogen-bond donors (Lipinski definition) is 0. The minimum absolute atomic E-state index is 0.259. The maximum absolute atomic E-state index is 12.0. The Morgan fingerprint density at radius 3 is 1.59 bits per heavy atom. The first-order chi connectivity index (χ1) is 12.9. The molecule has 5 heteroatoms. The third-order valence-electron chi connectivity index (χ3n) is 5.60. The van der Waals surface area contributed by atoms with Crippen LogP contribution in [0, 0.1) is 5.41 Å². The monoisotopic (exact) mass is 416 g/mol. The summed E-state index contributed by atoms with van der Waals surface area (Å²) in [7, 11) is 0. The lowest BCUT2D eigenvalue weighted by molar-refractivity contribution is -0.221. The molecule has 0 aromatic heterocycles. The average molecular weight is 417 g/mol. The van der Waals surface area contributed by atoms with E-state index in [1.807, 2.05) is 0 Å². The Hall–Kier alpha value is -1.52. The van der Waals surface area contributed by atoms with Crippen LogP contribution in [0.4, 0.5) is 13.2 Å². The number of benzene rings is 1. The van der Waals surface area contributed by atoms with E-state index < -0.39 is 23.7 Å². The SMILES string of the molecule is CCC(C)(C)C(=O)OC(C)C(F)(F)F.CCC(C)(C)c1ccc(C(C)(C)C)cc1. The summed E-state index contributed by atoms with van der Waals surface area (Å²) < 4.78 is 40.4. The van der Waals surface area contributed by atoms with Crippen molar-refractivity contribution in [1.82, 2.24) is 0 Å². The van der Waals surface area contributed by atoms with Gasteiger partial charge < -0.3 is 4.74 Å². The van der Waals surface area contributed by atoms with Crippen molar-refractivity contribution in [1.29, 1.82) is 0 Å². The molecule has 0 spiro atoms. The molecule has 0 aliphatic heterocycles. The summed E-state index contributed by atoms with van der Waals surface area (Å²) in [6.07, 6.45) is -4.90. The summed E-state index contributed by atoms with van der Waals surface area (Å²) in [5.41, 5.74) is 2.56. The predicted molar refractivity (Wildman–Crippen MR) is 114 cm³/mol. The van der Waals surface area contributed by atoms with Crippen molar-refractivity contribution in [2.45, 2.75) is 105 Å². The van der Waals surface area contributed by atoms with Gasteiger partial charge in [-0.05, 0) is 55.6 Å². The van der Waals surface area contributed by atoms with Gasteiger partial charge in [-0.25, -0.2) is 0 Å². The molecular formula is C24H39F3O2. The third kappa shape index (κ3) is 8.79. The van der Waals surface area contributed by atoms with E-state index in [1.165, 1.54) is 17.5 Å². The van der Waals surface area contributed by atoms with E-state index in [0.29, 0.717) is 11.8 Å². The summed E-state index contributed by atoms with van der Waals surface area (Å²) >= 11 is 0. The van der Waals surface area contributed by atoms with E-state index in [1.54, 1.807) is 20.8 Å². The lowest BCUT2D eigenvalue weighted by Crippen LogP contribution is -2.36. The second-order valence-corrected chi connectivity index (χ2v) is 9.89. The van der Waals surface area contributed by atoms with Gasteiger partial charge in [0.15, 0.2) is 6.10 Å². The van der Waals surface area contributed by atoms with Crippen LogP contribution in [0.1, 0.15) is 93.2 Å². The summed E-state index contributed by atoms with van der Waals surface area (Å²) in [5.74, 6) is -0.815. The van der Waals surface area contributed by atoms with Gasteiger partial charge in [-0.3, -0.25) is 4.79 Å². The van der Waals surface area contributed by atoms with Gasteiger partial charge >= 0.3 is 12.1 Å². The Balaban J connectivity index is 0.000000543. The molecule has 2 nitrogen and oxygen atoms in total. The minimum atomic E-state index is -4.49. The Kier molecular flexibility index (Phi) is 9.47. The number of ether oxygens (including phenoxy) is 1. The van der Waals surface area contributed by atoms with E-state index >= 15 is 0 Å². The molecule has 0 bridgehead atoms. The molecule has 29 heavy (non-hydrogen) atoms. The van der Waals surface area contributed by atoms with E-state index in [4.69, 9.17) is 0 Å². The van der Waals surface area contributed by atoms with Crippen LogP contribution in [0.15, 0.2) is 24.3 Å². The molecule has 0 amide bonds. The standard InChI is InChI=1S/C15H24.C9H15F3O2/c1-7-15(5,6)13-10-8-12(9-11-13)14(2,3)4;1-5-8(3,4)7(13)14-6(2)9(10,11)12/h8-11H,7H2,1-6H3;6H,5H2,1-4H3. The maximum atomic E-state index is 12.0. The number of hydrogen-bond acceptors (Lipinski definition) is 2. The van der Waals surface area contributed by atoms with E-state index in [-0.39, 0.29) is 5.41 Å². The van der Waals surface area contributed by atoms with Crippen LogP contribution >= 0.6 is 0 Å². The van der Waals surface area contributed by atoms with Crippen molar-refractivity contribution >= 4 is 5.97 Å². The predicted octanol–water partition coefficient (Wildman–Crippen LogP) is 7.59. The summed E-state index contributed by atoms with van der Waals surface area (Å²) in [5, 5.41) is 0. The van der Waals surface area contributed by atoms with Gasteiger partial charge in [0.25, 0.3) is 0 Å². The van der Waals surface area contributed by atoms with E-state index in [2.05, 4.69) is 70.5 Å². The fourth-order valence-electron chi connectivity index (χ4n) is 2.16. The summed E-state index contributed by atoms with van der Waals surface area (Å²) in [6, 6.07) is 9.10. The highest BCUT2D eigenvalue weighted by Crippen LogP contribution is 2.30. The van der Waals surface area contributed by atoms with Crippen LogP contribution in [-0.4, -0.2) is 18.2 Å². The van der Waals surface area contributed by atoms with Crippen LogP contribution in [-0.2, 0) is 20.4 Å². The van der Waals surface area contributed by atoms with Crippen LogP contribution < -0.4 is 0 Å². The number of halogens is 3. The first-order valence-electron chi connectivity index (χ1n) is 10.3. The van der Waals surface area contributed by atoms with Gasteiger partial charge in [-0.15, -0.1) is 0 Å². The summed E-state index contributed by atoms with van der Waals surface area (Å²) in [4.78, 5) is 11.2. The first-order valence-corrected chi connectivity index (χ1v) is 10.3. The molecule has 0 saturated heterocycles. The van der Waals surface area contributed by atoms with Crippen molar-refractivity contribution in [2.24, 2.45) is 5.41 Å². The Labute approximate surface area is 175 Å². The molecule has 0 heterocycles. The van der Waals surface area contributed by atoms with Gasteiger partial charge in [0.05, 0.1) is 5.41 Å². The second-order valence-electron chi connectivity index (χ2n) is 9.89. The number of esters is 1. The highest BCUT2D eigenvalue weighted by Gasteiger charge is 2.41. The zero-order chi connectivity index (χ0) is 23.3. The zero-order valence-electron chi connectivity index (χ0n) is 19.8. The van der Waals surface area contributed by atoms with Crippen molar-refractivity contribution in [3.8, 4) is 0 Å². The van der Waals surface area contributed by atoms with Crippen LogP contribution in [0.25, 0.3) is 0 Å². The van der Waals surface area contributed by atoms with Crippen LogP contribution in [0.3, 0.4) is 0 Å². The molecule has 0 aliphatic rings. The lowest BCUT2D eigenvalue weighted by Gasteiger charge is -2.25. The average Bonchev–Trinajstić information content (AvgIpc) is 2.60. The van der Waals surface area contributed by atoms with Crippen molar-refractivity contribution in [2.75, 3.05) is 0 Å². The van der Waals surface area contributed by atoms with Gasteiger partial charge in [0.2, 0.25) is 0 Å². The minimum Gasteiger partial charge on any atom is -0.453 e. The molecule has 1 atom stereocenters. The van der Waals surface area contributed by atoms with Crippen molar-refractivity contribution < 1.29 is 22.7 Å². The fraction of sp³-hybridized carbons (Fsp3) is 0.708. The number of carbonyl (C=O) groups excluding carboxylic acids is 1. The van der Waals surface area contributed by atoms with Gasteiger partial charge in [0.1, 0.15) is 0 Å². The normalized spacial score (nSPS) is 14.0. The maximum Gasteiger partial charge on any atom is 0.425 e. The quantitative estimate of drug-likeness (QED) is 0.462. The molecule has 1 aromatic carbocycles. The van der Waals surface area contributed by atoms with E-state index in [0.717, 1.165) is 6.92 Å². The Morgan fingerprint density at radius 2 is 1.28 bits per heavy atom. The van der Waals surface area contributed by atoms with E-state index in [9.17, 15) is 18.0 Å². The third-order valence-corrected chi connectivity index (χ3v) is 5.60. The number of alkyl halides is 3. The number of rotatable bonds is 5. The van der Waals surface area contributed by atoms with Crippen molar-refractivity contribution in [3.05, 3.63) is 35.4 Å². The highest BCUT2D eigenvalue weighted by molar-refractivity contribution is 5.76. The molecule has 0 radical (unpaired) electrons. The number of carbonyl (C=O) groups is 1. The Morgan fingerprint density at radius 1 is 0.862 bits per heavy atom. The highest BCUT2D eigenvalue weighted by atomic mass is 19.4. The van der Waals surface area contributed by atoms with Gasteiger partial charge in [-0.1, -0.05) is 72.7 Å². The molecule has 0 saturated carbocycles. The van der Waals surface area contributed by atoms with Gasteiger partial charge in [-0.2, -0.15) is 13.2 Å². The molecular weight excluding hydrogens is 377 g/mol. The molecule has 0 aliphatic carbocycles. The molecule has 0 fully saturated rings. The largest absolute Gasteiger partial charge is 0.453 e. The second kappa shape index (κ2) is 9.99. The smallest absolute Gasteiger partial charge is 0.425 e. The fourth-order valence-corrected chi connectivity index (χ4v) is 2.16. The van der Waals surface area contributed by atoms with Gasteiger partial charge in [0, 0.05) is 0 Å². The molecule has 0 N–H and O–H groups in total. The molecule has 1 unspecified atom stereocenters. The Bertz CT molecular complexity index is 636. The molecule has 1 aromatic rings. The zero-order valence-corrected chi connectivity index (χ0v) is 19.8. The summed E-state index contributed by atoms with van der Waals surface area (Å²) in [6.45, 7) is 19.3. The lowest BCUT2D eigenvalue weighted by atomic mass is 9.80. The van der Waals surface area contributed by atoms with Crippen LogP contribution in [0.5, 0.6) is 0 Å². The molecule has 168 valence electrons. The van der Waals surface area contributed by atoms with Crippen LogP contribution in [0.2, 0.25) is 0 Å².